The lowest BCUT2D eigenvalue weighted by Gasteiger charge is -2.47. The van der Waals surface area contributed by atoms with Gasteiger partial charge in [-0.2, -0.15) is 0 Å². The molecule has 2 aromatic carbocycles. The highest BCUT2D eigenvalue weighted by atomic mass is 16.6. The van der Waals surface area contributed by atoms with Crippen LogP contribution in [-0.4, -0.2) is 17.0 Å². The molecule has 2 heterocycles. The molecule has 128 valence electrons. The molecule has 3 heteroatoms. The Balaban J connectivity index is 1.56. The van der Waals surface area contributed by atoms with Crippen molar-refractivity contribution in [3.05, 3.63) is 83.4 Å². The molecule has 3 atom stereocenters. The minimum absolute atomic E-state index is 0.0765. The predicted molar refractivity (Wildman–Crippen MR) is 98.0 cm³/mol. The minimum Gasteiger partial charge on any atom is -0.445 e. The van der Waals surface area contributed by atoms with Gasteiger partial charge in [0.2, 0.25) is 0 Å². The Morgan fingerprint density at radius 1 is 1.04 bits per heavy atom. The SMILES string of the molecule is Cc1ccc([C@@H]2[C@H]3C=C[C@@H](CC3)N2C(=O)OCc2ccccc2)cc1. The third-order valence-electron chi connectivity index (χ3n) is 5.27. The fourth-order valence-electron chi connectivity index (χ4n) is 3.95. The quantitative estimate of drug-likeness (QED) is 0.738. The molecule has 0 radical (unpaired) electrons. The van der Waals surface area contributed by atoms with Crippen LogP contribution in [0.2, 0.25) is 0 Å². The summed E-state index contributed by atoms with van der Waals surface area (Å²) < 4.78 is 5.65. The van der Waals surface area contributed by atoms with Gasteiger partial charge >= 0.3 is 6.09 Å². The highest BCUT2D eigenvalue weighted by molar-refractivity contribution is 5.70. The number of fused-ring (bicyclic) bond motifs is 2. The van der Waals surface area contributed by atoms with E-state index in [0.29, 0.717) is 12.5 Å². The van der Waals surface area contributed by atoms with Gasteiger partial charge in [0.05, 0.1) is 12.1 Å². The van der Waals surface area contributed by atoms with Crippen molar-refractivity contribution in [1.82, 2.24) is 4.90 Å². The van der Waals surface area contributed by atoms with E-state index >= 15 is 0 Å². The first-order chi connectivity index (χ1) is 12.2. The van der Waals surface area contributed by atoms with Gasteiger partial charge in [-0.3, -0.25) is 4.90 Å². The molecule has 5 rings (SSSR count). The van der Waals surface area contributed by atoms with Gasteiger partial charge < -0.3 is 4.74 Å². The van der Waals surface area contributed by atoms with Crippen molar-refractivity contribution < 1.29 is 9.53 Å². The Labute approximate surface area is 148 Å². The second-order valence-corrected chi connectivity index (χ2v) is 7.00. The summed E-state index contributed by atoms with van der Waals surface area (Å²) >= 11 is 0. The number of piperidine rings is 1. The molecule has 3 nitrogen and oxygen atoms in total. The third-order valence-corrected chi connectivity index (χ3v) is 5.27. The molecule has 0 N–H and O–H groups in total. The maximum absolute atomic E-state index is 12.9. The summed E-state index contributed by atoms with van der Waals surface area (Å²) in [5, 5.41) is 0. The lowest BCUT2D eigenvalue weighted by atomic mass is 9.77. The summed E-state index contributed by atoms with van der Waals surface area (Å²) in [6, 6.07) is 18.6. The molecule has 1 amide bonds. The molecule has 2 aromatic rings. The first-order valence-electron chi connectivity index (χ1n) is 8.96. The topological polar surface area (TPSA) is 29.5 Å². The summed E-state index contributed by atoms with van der Waals surface area (Å²) in [6.07, 6.45) is 6.38. The van der Waals surface area contributed by atoms with Gasteiger partial charge in [-0.25, -0.2) is 4.79 Å². The van der Waals surface area contributed by atoms with Gasteiger partial charge in [0.25, 0.3) is 0 Å². The van der Waals surface area contributed by atoms with E-state index in [1.165, 1.54) is 11.1 Å². The Morgan fingerprint density at radius 2 is 1.80 bits per heavy atom. The standard InChI is InChI=1S/C22H23NO2/c1-16-7-9-18(10-8-16)21-19-11-13-20(14-12-19)23(21)22(24)25-15-17-5-3-2-4-6-17/h2-11,13,19-21H,12,14-15H2,1H3/t19-,20-,21+/m0/s1. The van der Waals surface area contributed by atoms with Crippen molar-refractivity contribution in [1.29, 1.82) is 0 Å². The van der Waals surface area contributed by atoms with Crippen molar-refractivity contribution in [3.63, 3.8) is 0 Å². The number of amides is 1. The lowest BCUT2D eigenvalue weighted by molar-refractivity contribution is 0.0325. The van der Waals surface area contributed by atoms with Crippen molar-refractivity contribution in [2.75, 3.05) is 0 Å². The van der Waals surface area contributed by atoms with Gasteiger partial charge in [0.15, 0.2) is 0 Å². The molecule has 0 aromatic heterocycles. The van der Waals surface area contributed by atoms with Crippen LogP contribution in [0, 0.1) is 12.8 Å². The number of aryl methyl sites for hydroxylation is 1. The maximum atomic E-state index is 12.9. The maximum Gasteiger partial charge on any atom is 0.411 e. The predicted octanol–water partition coefficient (Wildman–Crippen LogP) is 5.02. The number of carbonyl (C=O) groups is 1. The van der Waals surface area contributed by atoms with Crippen LogP contribution in [0.4, 0.5) is 4.79 Å². The number of hydrogen-bond acceptors (Lipinski definition) is 2. The minimum atomic E-state index is -0.214. The van der Waals surface area contributed by atoms with Crippen molar-refractivity contribution >= 4 is 6.09 Å². The average molecular weight is 333 g/mol. The van der Waals surface area contributed by atoms with Gasteiger partial charge in [0, 0.05) is 5.92 Å². The number of hydrogen-bond donors (Lipinski definition) is 0. The lowest BCUT2D eigenvalue weighted by Crippen LogP contribution is -2.50. The van der Waals surface area contributed by atoms with Crippen LogP contribution in [0.15, 0.2) is 66.7 Å². The van der Waals surface area contributed by atoms with Crippen LogP contribution in [0.3, 0.4) is 0 Å². The Morgan fingerprint density at radius 3 is 2.48 bits per heavy atom. The first kappa shape index (κ1) is 15.9. The van der Waals surface area contributed by atoms with Gasteiger partial charge in [0.1, 0.15) is 6.61 Å². The van der Waals surface area contributed by atoms with E-state index in [0.717, 1.165) is 18.4 Å². The van der Waals surface area contributed by atoms with Crippen molar-refractivity contribution in [3.8, 4) is 0 Å². The van der Waals surface area contributed by atoms with Crippen molar-refractivity contribution in [2.24, 2.45) is 5.92 Å². The Kier molecular flexibility index (Phi) is 4.31. The molecule has 3 aliphatic rings. The number of carbonyl (C=O) groups excluding carboxylic acids is 1. The summed E-state index contributed by atoms with van der Waals surface area (Å²) in [7, 11) is 0. The zero-order chi connectivity index (χ0) is 17.2. The first-order valence-corrected chi connectivity index (χ1v) is 8.96. The smallest absolute Gasteiger partial charge is 0.411 e. The molecular weight excluding hydrogens is 310 g/mol. The highest BCUT2D eigenvalue weighted by Crippen LogP contribution is 2.44. The van der Waals surface area contributed by atoms with Crippen LogP contribution in [0.5, 0.6) is 0 Å². The van der Waals surface area contributed by atoms with Gasteiger partial charge in [-0.15, -0.1) is 0 Å². The molecule has 25 heavy (non-hydrogen) atoms. The number of rotatable bonds is 3. The third kappa shape index (κ3) is 3.19. The molecule has 2 bridgehead atoms. The fourth-order valence-corrected chi connectivity index (χ4v) is 3.95. The van der Waals surface area contributed by atoms with E-state index in [2.05, 4.69) is 43.3 Å². The molecule has 0 saturated carbocycles. The largest absolute Gasteiger partial charge is 0.445 e. The van der Waals surface area contributed by atoms with E-state index in [-0.39, 0.29) is 18.2 Å². The van der Waals surface area contributed by atoms with E-state index in [1.807, 2.05) is 35.2 Å². The molecule has 1 fully saturated rings. The number of ether oxygens (including phenoxy) is 1. The monoisotopic (exact) mass is 333 g/mol. The highest BCUT2D eigenvalue weighted by Gasteiger charge is 2.42. The molecular formula is C22H23NO2. The molecule has 0 spiro atoms. The van der Waals surface area contributed by atoms with Crippen LogP contribution in [-0.2, 0) is 11.3 Å². The van der Waals surface area contributed by atoms with Crippen LogP contribution in [0.25, 0.3) is 0 Å². The van der Waals surface area contributed by atoms with E-state index < -0.39 is 0 Å². The molecule has 1 saturated heterocycles. The molecule has 1 aliphatic carbocycles. The fraction of sp³-hybridized carbons (Fsp3) is 0.318. The zero-order valence-corrected chi connectivity index (χ0v) is 14.5. The van der Waals surface area contributed by atoms with E-state index in [9.17, 15) is 4.79 Å². The van der Waals surface area contributed by atoms with Crippen LogP contribution >= 0.6 is 0 Å². The van der Waals surface area contributed by atoms with Crippen LogP contribution < -0.4 is 0 Å². The molecule has 2 aliphatic heterocycles. The summed E-state index contributed by atoms with van der Waals surface area (Å²) in [5.41, 5.74) is 3.44. The van der Waals surface area contributed by atoms with Gasteiger partial charge in [-0.05, 0) is 30.9 Å². The van der Waals surface area contributed by atoms with Crippen LogP contribution in [0.1, 0.15) is 35.6 Å². The summed E-state index contributed by atoms with van der Waals surface area (Å²) in [6.45, 7) is 2.40. The molecule has 0 unspecified atom stereocenters. The average Bonchev–Trinajstić information content (AvgIpc) is 2.68. The Hall–Kier alpha value is -2.55. The van der Waals surface area contributed by atoms with Crippen molar-refractivity contribution in [2.45, 2.75) is 38.5 Å². The second-order valence-electron chi connectivity index (χ2n) is 7.00. The number of benzene rings is 2. The second kappa shape index (κ2) is 6.75. The summed E-state index contributed by atoms with van der Waals surface area (Å²) in [5.74, 6) is 0.372. The Bertz CT molecular complexity index is 766. The van der Waals surface area contributed by atoms with Gasteiger partial charge in [-0.1, -0.05) is 72.3 Å². The summed E-state index contributed by atoms with van der Waals surface area (Å²) in [4.78, 5) is 14.8. The number of nitrogens with zero attached hydrogens (tertiary/aromatic N) is 1. The van der Waals surface area contributed by atoms with E-state index in [1.54, 1.807) is 0 Å². The zero-order valence-electron chi connectivity index (χ0n) is 14.5. The normalized spacial score (nSPS) is 24.4. The van der Waals surface area contributed by atoms with E-state index in [4.69, 9.17) is 4.74 Å².